The van der Waals surface area contributed by atoms with Crippen LogP contribution in [-0.4, -0.2) is 20.1 Å². The molecule has 0 aliphatic carbocycles. The highest BCUT2D eigenvalue weighted by atomic mass is 16.3. The first-order valence-electron chi connectivity index (χ1n) is 11.8. The van der Waals surface area contributed by atoms with E-state index in [-0.39, 0.29) is 0 Å². The van der Waals surface area contributed by atoms with Crippen LogP contribution in [0, 0.1) is 0 Å². The van der Waals surface area contributed by atoms with Crippen LogP contribution in [0.15, 0.2) is 36.4 Å². The van der Waals surface area contributed by atoms with E-state index in [2.05, 4.69) is 37.0 Å². The van der Waals surface area contributed by atoms with Crippen molar-refractivity contribution in [3.63, 3.8) is 0 Å². The highest BCUT2D eigenvalue weighted by Crippen LogP contribution is 2.32. The van der Waals surface area contributed by atoms with Gasteiger partial charge in [0, 0.05) is 0 Å². The molecule has 0 saturated heterocycles. The van der Waals surface area contributed by atoms with Gasteiger partial charge in [0.1, 0.15) is 22.5 Å². The minimum atomic E-state index is 0.319. The number of aromatic hydroxyl groups is 1. The van der Waals surface area contributed by atoms with E-state index in [1.165, 1.54) is 56.9 Å². The quantitative estimate of drug-likeness (QED) is 0.320. The van der Waals surface area contributed by atoms with Crippen LogP contribution in [0.3, 0.4) is 0 Å². The number of unbranched alkanes of at least 4 members (excludes halogenated alkanes) is 8. The molecule has 0 bridgehead atoms. The number of benzene rings is 2. The fraction of sp³-hybridized carbons (Fsp3) is 0.538. The van der Waals surface area contributed by atoms with Crippen LogP contribution < -0.4 is 0 Å². The summed E-state index contributed by atoms with van der Waals surface area (Å²) in [6.45, 7) is 6.64. The summed E-state index contributed by atoms with van der Waals surface area (Å²) in [6, 6.07) is 12.0. The number of hydrogen-bond donors (Lipinski definition) is 1. The maximum Gasteiger partial charge on any atom is 0.146 e. The van der Waals surface area contributed by atoms with Crippen LogP contribution >= 0.6 is 0 Å². The zero-order valence-electron chi connectivity index (χ0n) is 18.9. The van der Waals surface area contributed by atoms with E-state index in [0.29, 0.717) is 17.4 Å². The molecule has 1 N–H and O–H groups in total. The molecule has 30 heavy (non-hydrogen) atoms. The lowest BCUT2D eigenvalue weighted by Crippen LogP contribution is -2.03. The summed E-state index contributed by atoms with van der Waals surface area (Å²) in [5, 5.41) is 20.2. The van der Waals surface area contributed by atoms with Crippen molar-refractivity contribution in [1.29, 1.82) is 0 Å². The van der Waals surface area contributed by atoms with Crippen molar-refractivity contribution in [3.8, 4) is 11.4 Å². The predicted octanol–water partition coefficient (Wildman–Crippen LogP) is 7.32. The Balaban J connectivity index is 1.66. The Morgan fingerprint density at radius 3 is 1.97 bits per heavy atom. The van der Waals surface area contributed by atoms with Gasteiger partial charge in [0.2, 0.25) is 0 Å². The van der Waals surface area contributed by atoms with Crippen LogP contribution in [0.4, 0.5) is 0 Å². The topological polar surface area (TPSA) is 50.9 Å². The van der Waals surface area contributed by atoms with Crippen molar-refractivity contribution < 1.29 is 5.11 Å². The van der Waals surface area contributed by atoms with Crippen molar-refractivity contribution in [3.05, 3.63) is 47.5 Å². The molecule has 1 aromatic heterocycles. The molecule has 0 atom stereocenters. The standard InChI is InChI=1S/C26H37N3O/c1-4-5-6-7-8-9-10-11-12-15-21-18-22(20(2)3)19-25(26(21)30)29-27-23-16-13-14-17-24(23)28-29/h13-14,16-20,30H,4-12,15H2,1-3H3. The first kappa shape index (κ1) is 22.3. The minimum absolute atomic E-state index is 0.319. The SMILES string of the molecule is CCCCCCCCCCCc1cc(C(C)C)cc(-n2nc3ccccc3n2)c1O. The summed E-state index contributed by atoms with van der Waals surface area (Å²) >= 11 is 0. The molecule has 1 heterocycles. The van der Waals surface area contributed by atoms with E-state index in [1.54, 1.807) is 4.80 Å². The lowest BCUT2D eigenvalue weighted by Gasteiger charge is -2.14. The van der Waals surface area contributed by atoms with Gasteiger partial charge in [0.25, 0.3) is 0 Å². The Morgan fingerprint density at radius 2 is 1.40 bits per heavy atom. The van der Waals surface area contributed by atoms with Crippen molar-refractivity contribution in [1.82, 2.24) is 15.0 Å². The molecule has 0 saturated carbocycles. The number of rotatable bonds is 12. The Labute approximate surface area is 181 Å². The third kappa shape index (κ3) is 5.84. The van der Waals surface area contributed by atoms with Crippen molar-refractivity contribution >= 4 is 11.0 Å². The second-order valence-corrected chi connectivity index (χ2v) is 8.76. The molecule has 0 fully saturated rings. The van der Waals surface area contributed by atoms with E-state index in [1.807, 2.05) is 30.3 Å². The molecule has 0 unspecified atom stereocenters. The largest absolute Gasteiger partial charge is 0.505 e. The summed E-state index contributed by atoms with van der Waals surface area (Å²) in [6.07, 6.45) is 12.6. The monoisotopic (exact) mass is 407 g/mol. The van der Waals surface area contributed by atoms with E-state index in [0.717, 1.165) is 29.4 Å². The van der Waals surface area contributed by atoms with Gasteiger partial charge in [-0.1, -0.05) is 90.3 Å². The molecule has 162 valence electrons. The molecule has 0 radical (unpaired) electrons. The summed E-state index contributed by atoms with van der Waals surface area (Å²) in [7, 11) is 0. The Hall–Kier alpha value is -2.36. The van der Waals surface area contributed by atoms with Crippen LogP contribution in [0.5, 0.6) is 5.75 Å². The van der Waals surface area contributed by atoms with Crippen molar-refractivity contribution in [2.75, 3.05) is 0 Å². The average molecular weight is 408 g/mol. The molecule has 0 aliphatic heterocycles. The number of phenols is 1. The number of aromatic nitrogens is 3. The highest BCUT2D eigenvalue weighted by Gasteiger charge is 2.15. The molecule has 4 nitrogen and oxygen atoms in total. The van der Waals surface area contributed by atoms with Gasteiger partial charge < -0.3 is 5.11 Å². The maximum absolute atomic E-state index is 11.0. The summed E-state index contributed by atoms with van der Waals surface area (Å²) < 4.78 is 0. The molecule has 0 spiro atoms. The molecule has 2 aromatic carbocycles. The first-order valence-corrected chi connectivity index (χ1v) is 11.8. The third-order valence-electron chi connectivity index (χ3n) is 5.91. The Bertz CT molecular complexity index is 896. The lowest BCUT2D eigenvalue weighted by molar-refractivity contribution is 0.458. The number of nitrogens with zero attached hydrogens (tertiary/aromatic N) is 3. The van der Waals surface area contributed by atoms with E-state index >= 15 is 0 Å². The third-order valence-corrected chi connectivity index (χ3v) is 5.91. The maximum atomic E-state index is 11.0. The molecular weight excluding hydrogens is 370 g/mol. The lowest BCUT2D eigenvalue weighted by atomic mass is 9.96. The molecule has 4 heteroatoms. The van der Waals surface area contributed by atoms with Crippen LogP contribution in [0.1, 0.15) is 95.6 Å². The normalized spacial score (nSPS) is 11.6. The van der Waals surface area contributed by atoms with Gasteiger partial charge in [-0.25, -0.2) is 0 Å². The number of fused-ring (bicyclic) bond motifs is 1. The summed E-state index contributed by atoms with van der Waals surface area (Å²) in [5.41, 5.74) is 4.60. The second-order valence-electron chi connectivity index (χ2n) is 8.76. The smallest absolute Gasteiger partial charge is 0.146 e. The highest BCUT2D eigenvalue weighted by molar-refractivity contribution is 5.73. The van der Waals surface area contributed by atoms with Crippen LogP contribution in [0.25, 0.3) is 16.7 Å². The van der Waals surface area contributed by atoms with E-state index in [4.69, 9.17) is 0 Å². The molecule has 3 aromatic rings. The number of phenolic OH excluding ortho intramolecular Hbond substituents is 1. The van der Waals surface area contributed by atoms with Crippen molar-refractivity contribution in [2.45, 2.75) is 90.9 Å². The molecule has 0 aliphatic rings. The second kappa shape index (κ2) is 11.1. The molecule has 0 amide bonds. The first-order chi connectivity index (χ1) is 14.6. The summed E-state index contributed by atoms with van der Waals surface area (Å²) in [4.78, 5) is 1.59. The molecular formula is C26H37N3O. The molecule has 3 rings (SSSR count). The Kier molecular flexibility index (Phi) is 8.30. The van der Waals surface area contributed by atoms with Gasteiger partial charge in [-0.15, -0.1) is 15.0 Å². The van der Waals surface area contributed by atoms with Gasteiger partial charge >= 0.3 is 0 Å². The zero-order chi connectivity index (χ0) is 21.3. The van der Waals surface area contributed by atoms with Gasteiger partial charge in [-0.3, -0.25) is 0 Å². The van der Waals surface area contributed by atoms with E-state index in [9.17, 15) is 5.11 Å². The fourth-order valence-corrected chi connectivity index (χ4v) is 3.97. The number of aryl methyl sites for hydroxylation is 1. The Morgan fingerprint density at radius 1 is 0.833 bits per heavy atom. The van der Waals surface area contributed by atoms with Gasteiger partial charge in [-0.05, 0) is 48.1 Å². The predicted molar refractivity (Wildman–Crippen MR) is 126 cm³/mol. The zero-order valence-corrected chi connectivity index (χ0v) is 18.9. The van der Waals surface area contributed by atoms with Gasteiger partial charge in [0.15, 0.2) is 0 Å². The number of hydrogen-bond acceptors (Lipinski definition) is 3. The summed E-state index contributed by atoms with van der Waals surface area (Å²) in [5.74, 6) is 0.704. The van der Waals surface area contributed by atoms with Crippen LogP contribution in [-0.2, 0) is 6.42 Å². The van der Waals surface area contributed by atoms with Crippen molar-refractivity contribution in [2.24, 2.45) is 0 Å². The fourth-order valence-electron chi connectivity index (χ4n) is 3.97. The average Bonchev–Trinajstić information content (AvgIpc) is 3.17. The minimum Gasteiger partial charge on any atom is -0.505 e. The van der Waals surface area contributed by atoms with E-state index < -0.39 is 0 Å². The van der Waals surface area contributed by atoms with Crippen LogP contribution in [0.2, 0.25) is 0 Å². The van der Waals surface area contributed by atoms with Gasteiger partial charge in [0.05, 0.1) is 0 Å². The van der Waals surface area contributed by atoms with Gasteiger partial charge in [-0.2, -0.15) is 0 Å².